The van der Waals surface area contributed by atoms with Gasteiger partial charge in [-0.3, -0.25) is 9.78 Å². The lowest BCUT2D eigenvalue weighted by Crippen LogP contribution is -2.14. The molecule has 0 saturated carbocycles. The molecule has 2 aromatic rings. The average molecular weight is 269 g/mol. The fourth-order valence-electron chi connectivity index (χ4n) is 1.11. The summed E-state index contributed by atoms with van der Waals surface area (Å²) in [6.45, 7) is 0. The van der Waals surface area contributed by atoms with Gasteiger partial charge in [0.25, 0.3) is 5.91 Å². The quantitative estimate of drug-likeness (QED) is 0.850. The second-order valence-corrected chi connectivity index (χ2v) is 3.80. The van der Waals surface area contributed by atoms with Crippen molar-refractivity contribution in [2.45, 2.75) is 0 Å². The Hall–Kier alpha value is -1.72. The van der Waals surface area contributed by atoms with Crippen LogP contribution in [0.1, 0.15) is 10.5 Å². The van der Waals surface area contributed by atoms with Gasteiger partial charge in [0.15, 0.2) is 0 Å². The third-order valence-electron chi connectivity index (χ3n) is 1.82. The van der Waals surface area contributed by atoms with Gasteiger partial charge < -0.3 is 5.32 Å². The SMILES string of the molecule is O=C(Nc1ccnc(Cl)n1)c1cc(Cl)ccn1. The molecule has 86 valence electrons. The van der Waals surface area contributed by atoms with Crippen molar-refractivity contribution >= 4 is 34.9 Å². The van der Waals surface area contributed by atoms with Gasteiger partial charge in [-0.05, 0) is 29.8 Å². The lowest BCUT2D eigenvalue weighted by Gasteiger charge is -2.03. The normalized spacial score (nSPS) is 10.0. The number of pyridine rings is 1. The second-order valence-electron chi connectivity index (χ2n) is 3.02. The van der Waals surface area contributed by atoms with Gasteiger partial charge in [-0.2, -0.15) is 0 Å². The van der Waals surface area contributed by atoms with Crippen LogP contribution in [0.2, 0.25) is 10.3 Å². The van der Waals surface area contributed by atoms with Crippen LogP contribution in [0.3, 0.4) is 0 Å². The highest BCUT2D eigenvalue weighted by Crippen LogP contribution is 2.11. The number of hydrogen-bond acceptors (Lipinski definition) is 4. The van der Waals surface area contributed by atoms with E-state index in [1.54, 1.807) is 6.07 Å². The van der Waals surface area contributed by atoms with Crippen molar-refractivity contribution in [2.75, 3.05) is 5.32 Å². The van der Waals surface area contributed by atoms with Crippen LogP contribution in [0.5, 0.6) is 0 Å². The maximum absolute atomic E-state index is 11.7. The molecule has 0 saturated heterocycles. The highest BCUT2D eigenvalue weighted by atomic mass is 35.5. The molecule has 0 aromatic carbocycles. The standard InChI is InChI=1S/C10H6Cl2N4O/c11-6-1-3-13-7(5-6)9(17)15-8-2-4-14-10(12)16-8/h1-5H,(H,14,15,16,17). The lowest BCUT2D eigenvalue weighted by molar-refractivity contribution is 0.102. The van der Waals surface area contributed by atoms with Crippen LogP contribution < -0.4 is 5.32 Å². The van der Waals surface area contributed by atoms with Crippen LogP contribution >= 0.6 is 23.2 Å². The van der Waals surface area contributed by atoms with Crippen LogP contribution in [0, 0.1) is 0 Å². The first-order valence-electron chi connectivity index (χ1n) is 4.56. The molecule has 1 N–H and O–H groups in total. The van der Waals surface area contributed by atoms with E-state index in [4.69, 9.17) is 23.2 Å². The molecule has 2 aromatic heterocycles. The molecule has 0 bridgehead atoms. The zero-order chi connectivity index (χ0) is 12.3. The number of nitrogens with one attached hydrogen (secondary N) is 1. The molecule has 5 nitrogen and oxygen atoms in total. The lowest BCUT2D eigenvalue weighted by atomic mass is 10.3. The van der Waals surface area contributed by atoms with E-state index < -0.39 is 5.91 Å². The van der Waals surface area contributed by atoms with Crippen molar-refractivity contribution in [2.24, 2.45) is 0 Å². The number of carbonyl (C=O) groups is 1. The Morgan fingerprint density at radius 3 is 2.65 bits per heavy atom. The summed E-state index contributed by atoms with van der Waals surface area (Å²) < 4.78 is 0. The molecule has 0 aliphatic carbocycles. The Morgan fingerprint density at radius 1 is 1.18 bits per heavy atom. The Kier molecular flexibility index (Phi) is 3.51. The number of anilines is 1. The zero-order valence-corrected chi connectivity index (χ0v) is 9.90. The Balaban J connectivity index is 2.17. The molecule has 0 atom stereocenters. The van der Waals surface area contributed by atoms with Crippen molar-refractivity contribution in [3.8, 4) is 0 Å². The third-order valence-corrected chi connectivity index (χ3v) is 2.24. The second kappa shape index (κ2) is 5.07. The van der Waals surface area contributed by atoms with Crippen LogP contribution in [0.4, 0.5) is 5.82 Å². The maximum Gasteiger partial charge on any atom is 0.275 e. The first-order valence-corrected chi connectivity index (χ1v) is 5.32. The Labute approximate surface area is 107 Å². The molecule has 2 heterocycles. The zero-order valence-electron chi connectivity index (χ0n) is 8.39. The minimum absolute atomic E-state index is 0.0573. The van der Waals surface area contributed by atoms with Gasteiger partial charge in [0.1, 0.15) is 11.5 Å². The van der Waals surface area contributed by atoms with E-state index >= 15 is 0 Å². The van der Waals surface area contributed by atoms with E-state index in [2.05, 4.69) is 20.3 Å². The predicted octanol–water partition coefficient (Wildman–Crippen LogP) is 2.43. The van der Waals surface area contributed by atoms with E-state index in [0.717, 1.165) is 0 Å². The van der Waals surface area contributed by atoms with Crippen molar-refractivity contribution in [3.05, 3.63) is 46.6 Å². The summed E-state index contributed by atoms with van der Waals surface area (Å²) in [5.41, 5.74) is 0.201. The molecular weight excluding hydrogens is 263 g/mol. The summed E-state index contributed by atoms with van der Waals surface area (Å²) in [6, 6.07) is 4.56. The van der Waals surface area contributed by atoms with Gasteiger partial charge in [-0.25, -0.2) is 9.97 Å². The molecule has 0 aliphatic heterocycles. The molecule has 0 aliphatic rings. The number of hydrogen-bond donors (Lipinski definition) is 1. The highest BCUT2D eigenvalue weighted by Gasteiger charge is 2.08. The summed E-state index contributed by atoms with van der Waals surface area (Å²) >= 11 is 11.3. The largest absolute Gasteiger partial charge is 0.305 e. The van der Waals surface area contributed by atoms with Crippen molar-refractivity contribution in [1.82, 2.24) is 15.0 Å². The fraction of sp³-hybridized carbons (Fsp3) is 0. The fourth-order valence-corrected chi connectivity index (χ4v) is 1.42. The summed E-state index contributed by atoms with van der Waals surface area (Å²) in [6.07, 6.45) is 2.89. The molecule has 0 unspecified atom stereocenters. The summed E-state index contributed by atoms with van der Waals surface area (Å²) in [4.78, 5) is 23.2. The third kappa shape index (κ3) is 3.12. The van der Waals surface area contributed by atoms with E-state index in [0.29, 0.717) is 10.8 Å². The van der Waals surface area contributed by atoms with Gasteiger partial charge in [0.05, 0.1) is 0 Å². The monoisotopic (exact) mass is 268 g/mol. The van der Waals surface area contributed by atoms with E-state index in [9.17, 15) is 4.79 Å². The molecule has 0 fully saturated rings. The predicted molar refractivity (Wildman–Crippen MR) is 64.2 cm³/mol. The van der Waals surface area contributed by atoms with E-state index in [-0.39, 0.29) is 11.0 Å². The summed E-state index contributed by atoms with van der Waals surface area (Å²) in [5.74, 6) is -0.112. The number of nitrogens with zero attached hydrogens (tertiary/aromatic N) is 3. The van der Waals surface area contributed by atoms with Gasteiger partial charge in [-0.1, -0.05) is 11.6 Å². The first kappa shape index (κ1) is 11.8. The smallest absolute Gasteiger partial charge is 0.275 e. The van der Waals surface area contributed by atoms with Crippen LogP contribution in [0.25, 0.3) is 0 Å². The molecule has 2 rings (SSSR count). The van der Waals surface area contributed by atoms with E-state index in [1.165, 1.54) is 24.5 Å². The van der Waals surface area contributed by atoms with Crippen molar-refractivity contribution in [3.63, 3.8) is 0 Å². The topological polar surface area (TPSA) is 67.8 Å². The average Bonchev–Trinajstić information content (AvgIpc) is 2.29. The van der Waals surface area contributed by atoms with Crippen LogP contribution in [-0.4, -0.2) is 20.9 Å². The number of carbonyl (C=O) groups excluding carboxylic acids is 1. The molecule has 1 amide bonds. The van der Waals surface area contributed by atoms with Crippen LogP contribution in [0.15, 0.2) is 30.6 Å². The van der Waals surface area contributed by atoms with Crippen molar-refractivity contribution < 1.29 is 4.79 Å². The molecule has 0 radical (unpaired) electrons. The number of halogens is 2. The molecular formula is C10H6Cl2N4O. The maximum atomic E-state index is 11.7. The Bertz CT molecular complexity index is 562. The highest BCUT2D eigenvalue weighted by molar-refractivity contribution is 6.31. The van der Waals surface area contributed by atoms with Crippen LogP contribution in [-0.2, 0) is 0 Å². The number of aromatic nitrogens is 3. The Morgan fingerprint density at radius 2 is 1.94 bits per heavy atom. The number of amides is 1. The van der Waals surface area contributed by atoms with Crippen molar-refractivity contribution in [1.29, 1.82) is 0 Å². The minimum Gasteiger partial charge on any atom is -0.305 e. The first-order chi connectivity index (χ1) is 8.15. The summed E-state index contributed by atoms with van der Waals surface area (Å²) in [7, 11) is 0. The van der Waals surface area contributed by atoms with Gasteiger partial charge >= 0.3 is 0 Å². The molecule has 0 spiro atoms. The minimum atomic E-state index is -0.415. The van der Waals surface area contributed by atoms with Gasteiger partial charge in [0, 0.05) is 17.4 Å². The number of rotatable bonds is 2. The van der Waals surface area contributed by atoms with Gasteiger partial charge in [0.2, 0.25) is 5.28 Å². The molecule has 17 heavy (non-hydrogen) atoms. The van der Waals surface area contributed by atoms with Gasteiger partial charge in [-0.15, -0.1) is 0 Å². The summed E-state index contributed by atoms with van der Waals surface area (Å²) in [5, 5.41) is 3.02. The van der Waals surface area contributed by atoms with E-state index in [1.807, 2.05) is 0 Å². The molecule has 7 heteroatoms.